The van der Waals surface area contributed by atoms with Gasteiger partial charge in [0, 0.05) is 35.7 Å². The van der Waals surface area contributed by atoms with E-state index in [1.807, 2.05) is 47.3 Å². The van der Waals surface area contributed by atoms with E-state index in [4.69, 9.17) is 5.26 Å². The maximum Gasteiger partial charge on any atom is 0.0998 e. The summed E-state index contributed by atoms with van der Waals surface area (Å²) in [6.07, 6.45) is 4.50. The van der Waals surface area contributed by atoms with Crippen LogP contribution in [0.2, 0.25) is 0 Å². The number of hydrogen-bond donors (Lipinski definition) is 1. The van der Waals surface area contributed by atoms with Gasteiger partial charge in [-0.25, -0.2) is 0 Å². The Morgan fingerprint density at radius 1 is 1.14 bits per heavy atom. The Bertz CT molecular complexity index is 771. The molecule has 3 rings (SSSR count). The van der Waals surface area contributed by atoms with Gasteiger partial charge in [-0.05, 0) is 18.6 Å². The first-order chi connectivity index (χ1) is 10.4. The summed E-state index contributed by atoms with van der Waals surface area (Å²) in [4.78, 5) is 0. The van der Waals surface area contributed by atoms with E-state index in [1.54, 1.807) is 6.20 Å². The van der Waals surface area contributed by atoms with Crippen LogP contribution < -0.4 is 5.32 Å². The van der Waals surface area contributed by atoms with Crippen molar-refractivity contribution in [3.8, 4) is 6.07 Å². The van der Waals surface area contributed by atoms with Gasteiger partial charge >= 0.3 is 0 Å². The number of nitrogens with zero attached hydrogens (tertiary/aromatic N) is 4. The number of aryl methyl sites for hydroxylation is 1. The van der Waals surface area contributed by atoms with Crippen LogP contribution in [-0.4, -0.2) is 21.5 Å². The van der Waals surface area contributed by atoms with Crippen LogP contribution in [0.3, 0.4) is 0 Å². The maximum absolute atomic E-state index is 9.16. The summed E-state index contributed by atoms with van der Waals surface area (Å²) in [5.74, 6) is 0. The Kier molecular flexibility index (Phi) is 3.79. The van der Waals surface area contributed by atoms with Crippen molar-refractivity contribution < 1.29 is 0 Å². The van der Waals surface area contributed by atoms with E-state index in [1.165, 1.54) is 0 Å². The molecule has 0 aliphatic carbocycles. The second-order valence-electron chi connectivity index (χ2n) is 4.76. The van der Waals surface area contributed by atoms with Gasteiger partial charge < -0.3 is 5.32 Å². The van der Waals surface area contributed by atoms with Crippen molar-refractivity contribution in [1.82, 2.24) is 15.0 Å². The minimum absolute atomic E-state index is 0.707. The fourth-order valence-electron chi connectivity index (χ4n) is 2.37. The maximum atomic E-state index is 9.16. The highest BCUT2D eigenvalue weighted by atomic mass is 15.4. The summed E-state index contributed by atoms with van der Waals surface area (Å²) in [7, 11) is 0. The number of fused-ring (bicyclic) bond motifs is 1. The molecule has 21 heavy (non-hydrogen) atoms. The lowest BCUT2D eigenvalue weighted by Crippen LogP contribution is -2.07. The van der Waals surface area contributed by atoms with Crippen molar-refractivity contribution in [1.29, 1.82) is 5.26 Å². The lowest BCUT2D eigenvalue weighted by molar-refractivity contribution is 0.570. The molecular formula is C16H15N5. The van der Waals surface area contributed by atoms with Crippen molar-refractivity contribution in [2.24, 2.45) is 0 Å². The highest BCUT2D eigenvalue weighted by Gasteiger charge is 2.04. The SMILES string of the molecule is N#Cc1ccc(NCCCn2ccnn2)c2ccccc12. The molecule has 5 heteroatoms. The van der Waals surface area contributed by atoms with E-state index in [9.17, 15) is 0 Å². The van der Waals surface area contributed by atoms with Gasteiger partial charge in [0.25, 0.3) is 0 Å². The van der Waals surface area contributed by atoms with Crippen LogP contribution >= 0.6 is 0 Å². The van der Waals surface area contributed by atoms with Crippen molar-refractivity contribution in [2.45, 2.75) is 13.0 Å². The second-order valence-corrected chi connectivity index (χ2v) is 4.76. The molecule has 5 nitrogen and oxygen atoms in total. The number of nitrogens with one attached hydrogen (secondary N) is 1. The Morgan fingerprint density at radius 3 is 2.76 bits per heavy atom. The van der Waals surface area contributed by atoms with Crippen LogP contribution in [0.4, 0.5) is 5.69 Å². The molecule has 0 aliphatic rings. The molecule has 0 bridgehead atoms. The van der Waals surface area contributed by atoms with Gasteiger partial charge in [0.1, 0.15) is 0 Å². The topological polar surface area (TPSA) is 66.5 Å². The van der Waals surface area contributed by atoms with Gasteiger partial charge in [0.2, 0.25) is 0 Å². The van der Waals surface area contributed by atoms with Crippen LogP contribution in [-0.2, 0) is 6.54 Å². The third-order valence-electron chi connectivity index (χ3n) is 3.40. The molecule has 0 spiro atoms. The predicted molar refractivity (Wildman–Crippen MR) is 81.8 cm³/mol. The summed E-state index contributed by atoms with van der Waals surface area (Å²) in [5, 5.41) is 22.4. The highest BCUT2D eigenvalue weighted by Crippen LogP contribution is 2.26. The van der Waals surface area contributed by atoms with Gasteiger partial charge in [-0.2, -0.15) is 5.26 Å². The predicted octanol–water partition coefficient (Wildman–Crippen LogP) is 2.81. The molecule has 104 valence electrons. The first kappa shape index (κ1) is 13.1. The van der Waals surface area contributed by atoms with Gasteiger partial charge in [0.05, 0.1) is 17.8 Å². The molecule has 0 unspecified atom stereocenters. The number of rotatable bonds is 5. The third-order valence-corrected chi connectivity index (χ3v) is 3.40. The molecule has 0 aliphatic heterocycles. The van der Waals surface area contributed by atoms with Crippen molar-refractivity contribution in [3.63, 3.8) is 0 Å². The molecule has 0 saturated heterocycles. The average Bonchev–Trinajstić information content (AvgIpc) is 3.05. The van der Waals surface area contributed by atoms with Crippen LogP contribution in [0.1, 0.15) is 12.0 Å². The van der Waals surface area contributed by atoms with E-state index < -0.39 is 0 Å². The number of hydrogen-bond acceptors (Lipinski definition) is 4. The van der Waals surface area contributed by atoms with Crippen LogP contribution in [0.5, 0.6) is 0 Å². The van der Waals surface area contributed by atoms with E-state index in [0.717, 1.165) is 36.0 Å². The minimum Gasteiger partial charge on any atom is -0.384 e. The highest BCUT2D eigenvalue weighted by molar-refractivity contribution is 5.97. The molecule has 1 heterocycles. The van der Waals surface area contributed by atoms with E-state index in [2.05, 4.69) is 21.7 Å². The van der Waals surface area contributed by atoms with E-state index in [-0.39, 0.29) is 0 Å². The molecule has 0 atom stereocenters. The molecule has 0 amide bonds. The molecule has 3 aromatic rings. The molecule has 1 N–H and O–H groups in total. The first-order valence-electron chi connectivity index (χ1n) is 6.88. The molecule has 0 fully saturated rings. The molecule has 2 aromatic carbocycles. The number of benzene rings is 2. The zero-order valence-electron chi connectivity index (χ0n) is 11.5. The van der Waals surface area contributed by atoms with Crippen LogP contribution in [0.15, 0.2) is 48.8 Å². The largest absolute Gasteiger partial charge is 0.384 e. The molecular weight excluding hydrogens is 262 g/mol. The number of nitriles is 1. The van der Waals surface area contributed by atoms with Crippen molar-refractivity contribution >= 4 is 16.5 Å². The van der Waals surface area contributed by atoms with Gasteiger partial charge in [0.15, 0.2) is 0 Å². The van der Waals surface area contributed by atoms with E-state index in [0.29, 0.717) is 5.56 Å². The molecule has 1 aromatic heterocycles. The zero-order valence-corrected chi connectivity index (χ0v) is 11.5. The Hall–Kier alpha value is -2.87. The first-order valence-corrected chi connectivity index (χ1v) is 6.88. The Labute approximate surface area is 122 Å². The number of aromatic nitrogens is 3. The summed E-state index contributed by atoms with van der Waals surface area (Å²) < 4.78 is 1.82. The fourth-order valence-corrected chi connectivity index (χ4v) is 2.37. The lowest BCUT2D eigenvalue weighted by atomic mass is 10.0. The molecule has 0 saturated carbocycles. The van der Waals surface area contributed by atoms with Crippen molar-refractivity contribution in [3.05, 3.63) is 54.4 Å². The van der Waals surface area contributed by atoms with Crippen molar-refractivity contribution in [2.75, 3.05) is 11.9 Å². The third kappa shape index (κ3) is 2.84. The fraction of sp³-hybridized carbons (Fsp3) is 0.188. The van der Waals surface area contributed by atoms with Gasteiger partial charge in [-0.3, -0.25) is 4.68 Å². The summed E-state index contributed by atoms with van der Waals surface area (Å²) in [6, 6.07) is 14.0. The Morgan fingerprint density at radius 2 is 2.00 bits per heavy atom. The summed E-state index contributed by atoms with van der Waals surface area (Å²) in [5.41, 5.74) is 1.77. The normalized spacial score (nSPS) is 10.4. The zero-order chi connectivity index (χ0) is 14.5. The standard InChI is InChI=1S/C16H15N5/c17-12-13-6-7-16(15-5-2-1-4-14(13)15)18-8-3-10-21-11-9-19-20-21/h1-2,4-7,9,11,18H,3,8,10H2. The minimum atomic E-state index is 0.707. The van der Waals surface area contributed by atoms with Gasteiger partial charge in [-0.15, -0.1) is 5.10 Å². The summed E-state index contributed by atoms with van der Waals surface area (Å²) in [6.45, 7) is 1.68. The van der Waals surface area contributed by atoms with E-state index >= 15 is 0 Å². The van der Waals surface area contributed by atoms with Crippen LogP contribution in [0.25, 0.3) is 10.8 Å². The number of anilines is 1. The lowest BCUT2D eigenvalue weighted by Gasteiger charge is -2.10. The average molecular weight is 277 g/mol. The Balaban J connectivity index is 1.71. The second kappa shape index (κ2) is 6.06. The van der Waals surface area contributed by atoms with Gasteiger partial charge in [-0.1, -0.05) is 29.5 Å². The van der Waals surface area contributed by atoms with Crippen LogP contribution in [0, 0.1) is 11.3 Å². The quantitative estimate of drug-likeness (QED) is 0.728. The monoisotopic (exact) mass is 277 g/mol. The smallest absolute Gasteiger partial charge is 0.0998 e. The summed E-state index contributed by atoms with van der Waals surface area (Å²) >= 11 is 0. The molecule has 0 radical (unpaired) electrons.